The van der Waals surface area contributed by atoms with E-state index in [0.29, 0.717) is 0 Å². The average Bonchev–Trinajstić information content (AvgIpc) is 2.88. The molecule has 0 bridgehead atoms. The Hall–Kier alpha value is -0.830. The topological polar surface area (TPSA) is 54.7 Å². The van der Waals surface area contributed by atoms with Crippen LogP contribution in [0.4, 0.5) is 0 Å². The largest absolute Gasteiger partial charge is 0.324 e. The van der Waals surface area contributed by atoms with E-state index in [0.717, 1.165) is 19.3 Å². The number of hydrogen-bond acceptors (Lipinski definition) is 2. The van der Waals surface area contributed by atoms with Crippen LogP contribution in [0.25, 0.3) is 0 Å². The normalized spacial score (nSPS) is 22.9. The SMILES string of the molecule is CC(C)(c1n[nH]c2c1CCCC2)C1(N)CC1. The van der Waals surface area contributed by atoms with E-state index >= 15 is 0 Å². The molecular formula is C13H21N3. The first-order valence-electron chi connectivity index (χ1n) is 6.40. The van der Waals surface area contributed by atoms with Gasteiger partial charge in [0.1, 0.15) is 0 Å². The van der Waals surface area contributed by atoms with Gasteiger partial charge in [-0.1, -0.05) is 13.8 Å². The lowest BCUT2D eigenvalue weighted by atomic mass is 9.76. The molecule has 0 unspecified atom stereocenters. The minimum Gasteiger partial charge on any atom is -0.324 e. The van der Waals surface area contributed by atoms with Gasteiger partial charge < -0.3 is 5.73 Å². The number of aryl methyl sites for hydroxylation is 1. The van der Waals surface area contributed by atoms with E-state index in [-0.39, 0.29) is 11.0 Å². The summed E-state index contributed by atoms with van der Waals surface area (Å²) in [6.45, 7) is 4.51. The van der Waals surface area contributed by atoms with Crippen molar-refractivity contribution in [3.8, 4) is 0 Å². The Kier molecular flexibility index (Phi) is 2.00. The lowest BCUT2D eigenvalue weighted by Crippen LogP contribution is -2.44. The lowest BCUT2D eigenvalue weighted by molar-refractivity contribution is 0.377. The van der Waals surface area contributed by atoms with E-state index in [1.807, 2.05) is 0 Å². The number of nitrogens with two attached hydrogens (primary N) is 1. The van der Waals surface area contributed by atoms with Gasteiger partial charge in [-0.2, -0.15) is 5.10 Å². The van der Waals surface area contributed by atoms with Gasteiger partial charge in [-0.3, -0.25) is 5.10 Å². The van der Waals surface area contributed by atoms with Crippen molar-refractivity contribution >= 4 is 0 Å². The monoisotopic (exact) mass is 219 g/mol. The molecule has 0 aromatic carbocycles. The molecular weight excluding hydrogens is 198 g/mol. The van der Waals surface area contributed by atoms with Crippen LogP contribution in [0.1, 0.15) is 56.5 Å². The van der Waals surface area contributed by atoms with Crippen molar-refractivity contribution in [2.75, 3.05) is 0 Å². The average molecular weight is 219 g/mol. The van der Waals surface area contributed by atoms with Crippen LogP contribution in [-0.4, -0.2) is 15.7 Å². The van der Waals surface area contributed by atoms with E-state index in [4.69, 9.17) is 5.73 Å². The third-order valence-electron chi connectivity index (χ3n) is 4.68. The first kappa shape index (κ1) is 10.3. The zero-order chi connectivity index (χ0) is 11.4. The fourth-order valence-corrected chi connectivity index (χ4v) is 2.99. The van der Waals surface area contributed by atoms with Crippen LogP contribution in [-0.2, 0) is 18.3 Å². The zero-order valence-electron chi connectivity index (χ0n) is 10.3. The van der Waals surface area contributed by atoms with E-state index < -0.39 is 0 Å². The summed E-state index contributed by atoms with van der Waals surface area (Å²) < 4.78 is 0. The maximum absolute atomic E-state index is 6.39. The molecule has 3 rings (SSSR count). The van der Waals surface area contributed by atoms with E-state index in [1.54, 1.807) is 0 Å². The first-order valence-corrected chi connectivity index (χ1v) is 6.40. The van der Waals surface area contributed by atoms with Gasteiger partial charge in [0.25, 0.3) is 0 Å². The molecule has 3 nitrogen and oxygen atoms in total. The molecule has 2 aliphatic rings. The molecule has 1 saturated carbocycles. The summed E-state index contributed by atoms with van der Waals surface area (Å²) in [4.78, 5) is 0. The molecule has 0 atom stereocenters. The van der Waals surface area contributed by atoms with Crippen LogP contribution >= 0.6 is 0 Å². The first-order chi connectivity index (χ1) is 7.55. The highest BCUT2D eigenvalue weighted by Gasteiger charge is 2.53. The van der Waals surface area contributed by atoms with Crippen LogP contribution in [0.5, 0.6) is 0 Å². The Morgan fingerprint density at radius 1 is 1.25 bits per heavy atom. The third-order valence-corrected chi connectivity index (χ3v) is 4.68. The molecule has 0 spiro atoms. The Morgan fingerprint density at radius 2 is 1.94 bits per heavy atom. The lowest BCUT2D eigenvalue weighted by Gasteiger charge is -2.31. The molecule has 3 heteroatoms. The molecule has 0 saturated heterocycles. The van der Waals surface area contributed by atoms with Crippen molar-refractivity contribution in [1.82, 2.24) is 10.2 Å². The van der Waals surface area contributed by atoms with Gasteiger partial charge in [-0.25, -0.2) is 0 Å². The smallest absolute Gasteiger partial charge is 0.0731 e. The fraction of sp³-hybridized carbons (Fsp3) is 0.769. The second-order valence-corrected chi connectivity index (χ2v) is 6.02. The minimum atomic E-state index is -0.00654. The van der Waals surface area contributed by atoms with Crippen LogP contribution < -0.4 is 5.73 Å². The van der Waals surface area contributed by atoms with Crippen LogP contribution in [0, 0.1) is 0 Å². The summed E-state index contributed by atoms with van der Waals surface area (Å²) in [5.41, 5.74) is 10.5. The minimum absolute atomic E-state index is 0.00654. The molecule has 1 aromatic rings. The fourth-order valence-electron chi connectivity index (χ4n) is 2.99. The summed E-state index contributed by atoms with van der Waals surface area (Å²) >= 11 is 0. The molecule has 1 fully saturated rings. The third kappa shape index (κ3) is 1.27. The van der Waals surface area contributed by atoms with Gasteiger partial charge in [0.05, 0.1) is 5.69 Å². The van der Waals surface area contributed by atoms with Crippen molar-refractivity contribution in [2.45, 2.75) is 63.3 Å². The van der Waals surface area contributed by atoms with Gasteiger partial charge in [0.2, 0.25) is 0 Å². The molecule has 1 heterocycles. The molecule has 0 amide bonds. The number of rotatable bonds is 2. The van der Waals surface area contributed by atoms with E-state index in [9.17, 15) is 0 Å². The number of aromatic amines is 1. The Balaban J connectivity index is 2.03. The molecule has 3 N–H and O–H groups in total. The van der Waals surface area contributed by atoms with Gasteiger partial charge >= 0.3 is 0 Å². The van der Waals surface area contributed by atoms with Crippen molar-refractivity contribution in [2.24, 2.45) is 5.73 Å². The molecule has 0 radical (unpaired) electrons. The Bertz CT molecular complexity index is 413. The second-order valence-electron chi connectivity index (χ2n) is 6.02. The highest BCUT2D eigenvalue weighted by Crippen LogP contribution is 2.50. The number of hydrogen-bond donors (Lipinski definition) is 2. The molecule has 0 aliphatic heterocycles. The number of H-pyrrole nitrogens is 1. The number of aromatic nitrogens is 2. The van der Waals surface area contributed by atoms with Gasteiger partial charge in [-0.05, 0) is 44.1 Å². The van der Waals surface area contributed by atoms with Crippen LogP contribution in [0.15, 0.2) is 0 Å². The summed E-state index contributed by atoms with van der Waals surface area (Å²) in [5, 5.41) is 7.80. The van der Waals surface area contributed by atoms with Crippen molar-refractivity contribution < 1.29 is 0 Å². The molecule has 1 aromatic heterocycles. The number of nitrogens with one attached hydrogen (secondary N) is 1. The number of nitrogens with zero attached hydrogens (tertiary/aromatic N) is 1. The highest BCUT2D eigenvalue weighted by atomic mass is 15.1. The summed E-state index contributed by atoms with van der Waals surface area (Å²) in [6, 6.07) is 0. The van der Waals surface area contributed by atoms with Crippen molar-refractivity contribution in [3.63, 3.8) is 0 Å². The summed E-state index contributed by atoms with van der Waals surface area (Å²) in [5.74, 6) is 0. The number of fused-ring (bicyclic) bond motifs is 1. The van der Waals surface area contributed by atoms with E-state index in [2.05, 4.69) is 24.0 Å². The highest BCUT2D eigenvalue weighted by molar-refractivity contribution is 5.37. The van der Waals surface area contributed by atoms with Crippen molar-refractivity contribution in [3.05, 3.63) is 17.0 Å². The summed E-state index contributed by atoms with van der Waals surface area (Å²) in [6.07, 6.45) is 7.22. The summed E-state index contributed by atoms with van der Waals surface area (Å²) in [7, 11) is 0. The zero-order valence-corrected chi connectivity index (χ0v) is 10.3. The van der Waals surface area contributed by atoms with Crippen LogP contribution in [0.2, 0.25) is 0 Å². The molecule has 88 valence electrons. The Morgan fingerprint density at radius 3 is 2.62 bits per heavy atom. The van der Waals surface area contributed by atoms with Gasteiger partial charge in [0, 0.05) is 16.6 Å². The quantitative estimate of drug-likeness (QED) is 0.800. The molecule has 2 aliphatic carbocycles. The Labute approximate surface area is 96.8 Å². The molecule has 16 heavy (non-hydrogen) atoms. The maximum atomic E-state index is 6.39. The maximum Gasteiger partial charge on any atom is 0.0731 e. The van der Waals surface area contributed by atoms with Crippen molar-refractivity contribution in [1.29, 1.82) is 0 Å². The standard InChI is InChI=1S/C13H21N3/c1-12(2,13(14)7-8-13)11-9-5-3-4-6-10(9)15-16-11/h3-8,14H2,1-2H3,(H,15,16). The second kappa shape index (κ2) is 3.10. The predicted octanol–water partition coefficient (Wildman–Crippen LogP) is 2.06. The predicted molar refractivity (Wildman–Crippen MR) is 64.4 cm³/mol. The van der Waals surface area contributed by atoms with Crippen LogP contribution in [0.3, 0.4) is 0 Å². The van der Waals surface area contributed by atoms with E-state index in [1.165, 1.54) is 36.2 Å². The van der Waals surface area contributed by atoms with Gasteiger partial charge in [0.15, 0.2) is 0 Å². The van der Waals surface area contributed by atoms with Gasteiger partial charge in [-0.15, -0.1) is 0 Å².